The van der Waals surface area contributed by atoms with Crippen molar-refractivity contribution in [2.24, 2.45) is 5.41 Å². The van der Waals surface area contributed by atoms with Gasteiger partial charge in [-0.2, -0.15) is 5.26 Å². The molecule has 2 aliphatic rings. The molecule has 0 radical (unpaired) electrons. The summed E-state index contributed by atoms with van der Waals surface area (Å²) in [6.07, 6.45) is 3.89. The summed E-state index contributed by atoms with van der Waals surface area (Å²) in [4.78, 5) is 0. The van der Waals surface area contributed by atoms with Crippen LogP contribution < -0.4 is 0 Å². The Morgan fingerprint density at radius 3 is 2.42 bits per heavy atom. The third-order valence-corrected chi connectivity index (χ3v) is 5.12. The monoisotopic (exact) mass is 295 g/mol. The van der Waals surface area contributed by atoms with Crippen LogP contribution in [-0.4, -0.2) is 13.2 Å². The Morgan fingerprint density at radius 2 is 1.84 bits per heavy atom. The highest BCUT2D eigenvalue weighted by Gasteiger charge is 2.56. The van der Waals surface area contributed by atoms with Crippen LogP contribution >= 0.6 is 23.2 Å². The molecule has 0 unspecified atom stereocenters. The zero-order valence-corrected chi connectivity index (χ0v) is 12.1. The average Bonchev–Trinajstić information content (AvgIpc) is 2.37. The van der Waals surface area contributed by atoms with Gasteiger partial charge in [0.1, 0.15) is 0 Å². The van der Waals surface area contributed by atoms with Gasteiger partial charge in [-0.1, -0.05) is 29.3 Å². The quantitative estimate of drug-likeness (QED) is 0.772. The van der Waals surface area contributed by atoms with Gasteiger partial charge in [0.05, 0.1) is 11.5 Å². The van der Waals surface area contributed by atoms with Crippen molar-refractivity contribution in [3.8, 4) is 6.07 Å². The number of halogens is 2. The Kier molecular flexibility index (Phi) is 3.25. The predicted octanol–water partition coefficient (Wildman–Crippen LogP) is 4.35. The van der Waals surface area contributed by atoms with Crippen molar-refractivity contribution < 1.29 is 4.74 Å². The normalized spacial score (nSPS) is 23.6. The Labute approximate surface area is 123 Å². The fraction of sp³-hybridized carbons (Fsp3) is 0.533. The molecule has 0 bridgehead atoms. The van der Waals surface area contributed by atoms with Gasteiger partial charge in [-0.25, -0.2) is 0 Å². The minimum atomic E-state index is -0.432. The van der Waals surface area contributed by atoms with Crippen LogP contribution in [0.25, 0.3) is 0 Å². The van der Waals surface area contributed by atoms with E-state index in [2.05, 4.69) is 6.07 Å². The Morgan fingerprint density at radius 1 is 1.16 bits per heavy atom. The van der Waals surface area contributed by atoms with Gasteiger partial charge in [0.15, 0.2) is 0 Å². The number of hydrogen-bond acceptors (Lipinski definition) is 2. The van der Waals surface area contributed by atoms with Crippen LogP contribution in [0.4, 0.5) is 0 Å². The Balaban J connectivity index is 1.89. The SMILES string of the molecule is N#CC1(c2ccc(Cl)cc2Cl)CC2(CCOCC2)C1. The van der Waals surface area contributed by atoms with Gasteiger partial charge in [-0.15, -0.1) is 0 Å². The molecule has 1 aromatic rings. The summed E-state index contributed by atoms with van der Waals surface area (Å²) in [7, 11) is 0. The summed E-state index contributed by atoms with van der Waals surface area (Å²) in [6.45, 7) is 1.63. The van der Waals surface area contributed by atoms with Crippen molar-refractivity contribution in [3.05, 3.63) is 33.8 Å². The first kappa shape index (κ1) is 13.2. The third kappa shape index (κ3) is 2.14. The van der Waals surface area contributed by atoms with Gasteiger partial charge < -0.3 is 4.74 Å². The first-order chi connectivity index (χ1) is 9.09. The number of benzene rings is 1. The van der Waals surface area contributed by atoms with E-state index in [1.54, 1.807) is 6.07 Å². The second kappa shape index (κ2) is 4.66. The van der Waals surface area contributed by atoms with Crippen LogP contribution in [0.3, 0.4) is 0 Å². The van der Waals surface area contributed by atoms with Crippen LogP contribution in [-0.2, 0) is 10.2 Å². The van der Waals surface area contributed by atoms with E-state index in [4.69, 9.17) is 27.9 Å². The molecule has 4 heteroatoms. The van der Waals surface area contributed by atoms with Gasteiger partial charge in [-0.3, -0.25) is 0 Å². The predicted molar refractivity (Wildman–Crippen MR) is 75.5 cm³/mol. The van der Waals surface area contributed by atoms with Crippen LogP contribution in [0.1, 0.15) is 31.2 Å². The standard InChI is InChI=1S/C15H15Cl2NO/c16-11-1-2-12(13(17)7-11)15(10-18)8-14(9-15)3-5-19-6-4-14/h1-2,7H,3-6,8-9H2. The molecule has 2 nitrogen and oxygen atoms in total. The lowest BCUT2D eigenvalue weighted by Crippen LogP contribution is -2.51. The number of hydrogen-bond donors (Lipinski definition) is 0. The maximum atomic E-state index is 9.62. The van der Waals surface area contributed by atoms with E-state index in [1.165, 1.54) is 0 Å². The maximum absolute atomic E-state index is 9.62. The summed E-state index contributed by atoms with van der Waals surface area (Å²) in [6, 6.07) is 7.94. The fourth-order valence-electron chi connectivity index (χ4n) is 3.59. The molecular weight excluding hydrogens is 281 g/mol. The molecule has 1 aromatic carbocycles. The molecule has 0 atom stereocenters. The third-order valence-electron chi connectivity index (χ3n) is 4.57. The number of nitriles is 1. The number of nitrogens with zero attached hydrogens (tertiary/aromatic N) is 1. The first-order valence-electron chi connectivity index (χ1n) is 6.54. The van der Waals surface area contributed by atoms with Crippen molar-refractivity contribution in [2.45, 2.75) is 31.1 Å². The average molecular weight is 296 g/mol. The topological polar surface area (TPSA) is 33.0 Å². The van der Waals surface area contributed by atoms with Crippen molar-refractivity contribution in [3.63, 3.8) is 0 Å². The maximum Gasteiger partial charge on any atom is 0.0847 e. The summed E-state index contributed by atoms with van der Waals surface area (Å²) in [5.41, 5.74) is 0.786. The molecular formula is C15H15Cl2NO. The van der Waals surface area contributed by atoms with Crippen molar-refractivity contribution in [1.29, 1.82) is 5.26 Å². The van der Waals surface area contributed by atoms with Crippen molar-refractivity contribution in [2.75, 3.05) is 13.2 Å². The second-order valence-electron chi connectivity index (χ2n) is 5.78. The lowest BCUT2D eigenvalue weighted by molar-refractivity contribution is -0.0577. The van der Waals surface area contributed by atoms with E-state index in [-0.39, 0.29) is 5.41 Å². The van der Waals surface area contributed by atoms with Gasteiger partial charge in [0.2, 0.25) is 0 Å². The van der Waals surface area contributed by atoms with Crippen molar-refractivity contribution >= 4 is 23.2 Å². The molecule has 0 N–H and O–H groups in total. The van der Waals surface area contributed by atoms with E-state index in [0.717, 1.165) is 44.5 Å². The minimum absolute atomic E-state index is 0.289. The second-order valence-corrected chi connectivity index (χ2v) is 6.63. The molecule has 100 valence electrons. The number of rotatable bonds is 1. The molecule has 1 aliphatic carbocycles. The summed E-state index contributed by atoms with van der Waals surface area (Å²) < 4.78 is 5.42. The van der Waals surface area contributed by atoms with E-state index < -0.39 is 5.41 Å². The summed E-state index contributed by atoms with van der Waals surface area (Å²) in [5, 5.41) is 10.8. The highest BCUT2D eigenvalue weighted by atomic mass is 35.5. The molecule has 0 aromatic heterocycles. The molecule has 1 aliphatic heterocycles. The molecule has 2 fully saturated rings. The molecule has 19 heavy (non-hydrogen) atoms. The molecule has 0 amide bonds. The van der Waals surface area contributed by atoms with Crippen LogP contribution in [0.2, 0.25) is 10.0 Å². The fourth-order valence-corrected chi connectivity index (χ4v) is 4.18. The van der Waals surface area contributed by atoms with Gasteiger partial charge >= 0.3 is 0 Å². The minimum Gasteiger partial charge on any atom is -0.381 e. The molecule has 1 saturated carbocycles. The van der Waals surface area contributed by atoms with Gasteiger partial charge in [-0.05, 0) is 48.8 Å². The highest BCUT2D eigenvalue weighted by molar-refractivity contribution is 6.35. The van der Waals surface area contributed by atoms with E-state index in [0.29, 0.717) is 10.0 Å². The van der Waals surface area contributed by atoms with Crippen LogP contribution in [0.5, 0.6) is 0 Å². The smallest absolute Gasteiger partial charge is 0.0847 e. The summed E-state index contributed by atoms with van der Waals surface area (Å²) >= 11 is 12.2. The Bertz CT molecular complexity index is 536. The van der Waals surface area contributed by atoms with Gasteiger partial charge in [0.25, 0.3) is 0 Å². The van der Waals surface area contributed by atoms with E-state index in [9.17, 15) is 5.26 Å². The largest absolute Gasteiger partial charge is 0.381 e. The number of ether oxygens (including phenoxy) is 1. The van der Waals surface area contributed by atoms with E-state index in [1.807, 2.05) is 12.1 Å². The lowest BCUT2D eigenvalue weighted by atomic mass is 9.48. The zero-order chi connectivity index (χ0) is 13.5. The van der Waals surface area contributed by atoms with Crippen LogP contribution in [0, 0.1) is 16.7 Å². The first-order valence-corrected chi connectivity index (χ1v) is 7.29. The molecule has 1 saturated heterocycles. The Hall–Kier alpha value is -0.750. The van der Waals surface area contributed by atoms with Crippen LogP contribution in [0.15, 0.2) is 18.2 Å². The lowest BCUT2D eigenvalue weighted by Gasteiger charge is -2.55. The molecule has 1 heterocycles. The van der Waals surface area contributed by atoms with Crippen molar-refractivity contribution in [1.82, 2.24) is 0 Å². The highest BCUT2D eigenvalue weighted by Crippen LogP contribution is 2.60. The van der Waals surface area contributed by atoms with Gasteiger partial charge in [0, 0.05) is 23.3 Å². The summed E-state index contributed by atoms with van der Waals surface area (Å²) in [5.74, 6) is 0. The molecule has 1 spiro atoms. The zero-order valence-electron chi connectivity index (χ0n) is 10.6. The van der Waals surface area contributed by atoms with E-state index >= 15 is 0 Å². The molecule has 3 rings (SSSR count).